The van der Waals surface area contributed by atoms with Crippen LogP contribution in [-0.2, 0) is 10.0 Å². The van der Waals surface area contributed by atoms with Gasteiger partial charge in [-0.25, -0.2) is 13.1 Å². The van der Waals surface area contributed by atoms with Gasteiger partial charge in [0.1, 0.15) is 0 Å². The van der Waals surface area contributed by atoms with E-state index in [0.717, 1.165) is 10.0 Å². The maximum absolute atomic E-state index is 12.3. The molecular formula is C17H19BrN2O3S. The molecular weight excluding hydrogens is 392 g/mol. The van der Waals surface area contributed by atoms with Crippen LogP contribution in [0.2, 0.25) is 0 Å². The smallest absolute Gasteiger partial charge is 0.251 e. The summed E-state index contributed by atoms with van der Waals surface area (Å²) in [7, 11) is -3.51. The molecule has 0 saturated carbocycles. The molecule has 0 aromatic heterocycles. The first-order valence-electron chi connectivity index (χ1n) is 7.49. The van der Waals surface area contributed by atoms with Crippen molar-refractivity contribution in [2.75, 3.05) is 6.54 Å². The SMILES string of the molecule is CCNS(=O)(=O)c1ccc(C(=O)NC(C)c2ccc(Br)cc2)cc1. The van der Waals surface area contributed by atoms with E-state index < -0.39 is 10.0 Å². The highest BCUT2D eigenvalue weighted by atomic mass is 79.9. The molecule has 0 aliphatic heterocycles. The van der Waals surface area contributed by atoms with Gasteiger partial charge in [-0.2, -0.15) is 0 Å². The van der Waals surface area contributed by atoms with Gasteiger partial charge in [0.25, 0.3) is 5.91 Å². The molecule has 24 heavy (non-hydrogen) atoms. The first kappa shape index (κ1) is 18.6. The minimum Gasteiger partial charge on any atom is -0.346 e. The average Bonchev–Trinajstić information content (AvgIpc) is 2.55. The fraction of sp³-hybridized carbons (Fsp3) is 0.235. The summed E-state index contributed by atoms with van der Waals surface area (Å²) in [5.74, 6) is -0.252. The molecule has 0 fully saturated rings. The predicted octanol–water partition coefficient (Wildman–Crippen LogP) is 3.24. The van der Waals surface area contributed by atoms with Gasteiger partial charge in [0.15, 0.2) is 0 Å². The second-order valence-electron chi connectivity index (χ2n) is 5.27. The Labute approximate surface area is 150 Å². The summed E-state index contributed by atoms with van der Waals surface area (Å²) in [6.45, 7) is 3.92. The van der Waals surface area contributed by atoms with Crippen LogP contribution in [0, 0.1) is 0 Å². The third-order valence-corrected chi connectivity index (χ3v) is 5.57. The number of carbonyl (C=O) groups excluding carboxylic acids is 1. The Balaban J connectivity index is 2.09. The zero-order valence-electron chi connectivity index (χ0n) is 13.4. The van der Waals surface area contributed by atoms with E-state index in [9.17, 15) is 13.2 Å². The van der Waals surface area contributed by atoms with Crippen molar-refractivity contribution in [3.05, 3.63) is 64.1 Å². The second kappa shape index (κ2) is 7.92. The van der Waals surface area contributed by atoms with Gasteiger partial charge < -0.3 is 5.32 Å². The molecule has 2 rings (SSSR count). The van der Waals surface area contributed by atoms with E-state index in [-0.39, 0.29) is 16.8 Å². The van der Waals surface area contributed by atoms with E-state index in [1.165, 1.54) is 24.3 Å². The van der Waals surface area contributed by atoms with Gasteiger partial charge in [0.05, 0.1) is 10.9 Å². The Kier molecular flexibility index (Phi) is 6.15. The summed E-state index contributed by atoms with van der Waals surface area (Å²) in [6, 6.07) is 13.4. The highest BCUT2D eigenvalue weighted by Crippen LogP contribution is 2.17. The third kappa shape index (κ3) is 4.66. The van der Waals surface area contributed by atoms with Crippen molar-refractivity contribution in [3.8, 4) is 0 Å². The van der Waals surface area contributed by atoms with Gasteiger partial charge in [0, 0.05) is 16.6 Å². The van der Waals surface area contributed by atoms with Crippen LogP contribution >= 0.6 is 15.9 Å². The summed E-state index contributed by atoms with van der Waals surface area (Å²) >= 11 is 3.37. The molecule has 1 unspecified atom stereocenters. The molecule has 1 atom stereocenters. The van der Waals surface area contributed by atoms with Gasteiger partial charge in [-0.15, -0.1) is 0 Å². The number of benzene rings is 2. The normalized spacial score (nSPS) is 12.6. The average molecular weight is 411 g/mol. The minimum atomic E-state index is -3.51. The molecule has 128 valence electrons. The Morgan fingerprint density at radius 2 is 1.67 bits per heavy atom. The number of carbonyl (C=O) groups is 1. The number of halogens is 1. The third-order valence-electron chi connectivity index (χ3n) is 3.48. The van der Waals surface area contributed by atoms with Crippen molar-refractivity contribution >= 4 is 31.9 Å². The van der Waals surface area contributed by atoms with Crippen LogP contribution in [0.4, 0.5) is 0 Å². The largest absolute Gasteiger partial charge is 0.346 e. The molecule has 0 aliphatic rings. The van der Waals surface area contributed by atoms with Gasteiger partial charge in [-0.05, 0) is 48.9 Å². The number of hydrogen-bond donors (Lipinski definition) is 2. The van der Waals surface area contributed by atoms with Crippen LogP contribution < -0.4 is 10.0 Å². The van der Waals surface area contributed by atoms with Gasteiger partial charge in [-0.3, -0.25) is 4.79 Å². The Bertz CT molecular complexity index is 803. The zero-order valence-corrected chi connectivity index (χ0v) is 15.8. The summed E-state index contributed by atoms with van der Waals surface area (Å²) in [6.07, 6.45) is 0. The Morgan fingerprint density at radius 1 is 1.08 bits per heavy atom. The molecule has 0 bridgehead atoms. The van der Waals surface area contributed by atoms with Crippen molar-refractivity contribution in [1.29, 1.82) is 0 Å². The molecule has 0 heterocycles. The summed E-state index contributed by atoms with van der Waals surface area (Å²) in [4.78, 5) is 12.4. The van der Waals surface area contributed by atoms with E-state index >= 15 is 0 Å². The fourth-order valence-corrected chi connectivity index (χ4v) is 3.48. The highest BCUT2D eigenvalue weighted by molar-refractivity contribution is 9.10. The van der Waals surface area contributed by atoms with Crippen molar-refractivity contribution in [2.45, 2.75) is 24.8 Å². The van der Waals surface area contributed by atoms with E-state index in [4.69, 9.17) is 0 Å². The molecule has 0 radical (unpaired) electrons. The molecule has 0 saturated heterocycles. The van der Waals surface area contributed by atoms with Crippen LogP contribution in [0.3, 0.4) is 0 Å². The van der Waals surface area contributed by atoms with Gasteiger partial charge >= 0.3 is 0 Å². The summed E-state index contributed by atoms with van der Waals surface area (Å²) < 4.78 is 27.2. The molecule has 2 N–H and O–H groups in total. The lowest BCUT2D eigenvalue weighted by Crippen LogP contribution is -2.27. The monoisotopic (exact) mass is 410 g/mol. The van der Waals surface area contributed by atoms with Crippen molar-refractivity contribution in [2.24, 2.45) is 0 Å². The van der Waals surface area contributed by atoms with Crippen LogP contribution in [-0.4, -0.2) is 20.9 Å². The summed E-state index contributed by atoms with van der Waals surface area (Å²) in [5, 5.41) is 2.90. The van der Waals surface area contributed by atoms with Crippen LogP contribution in [0.1, 0.15) is 35.8 Å². The Morgan fingerprint density at radius 3 is 2.21 bits per heavy atom. The standard InChI is InChI=1S/C17H19BrN2O3S/c1-3-19-24(22,23)16-10-6-14(7-11-16)17(21)20-12(2)13-4-8-15(18)9-5-13/h4-12,19H,3H2,1-2H3,(H,20,21). The van der Waals surface area contributed by atoms with Crippen molar-refractivity contribution < 1.29 is 13.2 Å². The number of amides is 1. The number of sulfonamides is 1. The maximum atomic E-state index is 12.3. The van der Waals surface area contributed by atoms with Gasteiger partial charge in [0.2, 0.25) is 10.0 Å². The molecule has 5 nitrogen and oxygen atoms in total. The lowest BCUT2D eigenvalue weighted by atomic mass is 10.1. The molecule has 2 aromatic carbocycles. The van der Waals surface area contributed by atoms with Crippen LogP contribution in [0.5, 0.6) is 0 Å². The van der Waals surface area contributed by atoms with Crippen molar-refractivity contribution in [3.63, 3.8) is 0 Å². The zero-order chi connectivity index (χ0) is 17.7. The van der Waals surface area contributed by atoms with Crippen LogP contribution in [0.25, 0.3) is 0 Å². The van der Waals surface area contributed by atoms with E-state index in [1.807, 2.05) is 31.2 Å². The molecule has 1 amide bonds. The molecule has 2 aromatic rings. The molecule has 0 aliphatic carbocycles. The predicted molar refractivity (Wildman–Crippen MR) is 97.3 cm³/mol. The Hall–Kier alpha value is -1.70. The first-order chi connectivity index (χ1) is 11.3. The van der Waals surface area contributed by atoms with E-state index in [2.05, 4.69) is 26.0 Å². The molecule has 7 heteroatoms. The molecule has 0 spiro atoms. The quantitative estimate of drug-likeness (QED) is 0.767. The number of nitrogens with one attached hydrogen (secondary N) is 2. The topological polar surface area (TPSA) is 75.3 Å². The minimum absolute atomic E-state index is 0.141. The van der Waals surface area contributed by atoms with Crippen LogP contribution in [0.15, 0.2) is 57.9 Å². The van der Waals surface area contributed by atoms with Crippen molar-refractivity contribution in [1.82, 2.24) is 10.0 Å². The number of rotatable bonds is 6. The maximum Gasteiger partial charge on any atom is 0.251 e. The highest BCUT2D eigenvalue weighted by Gasteiger charge is 2.15. The van der Waals surface area contributed by atoms with E-state index in [0.29, 0.717) is 12.1 Å². The van der Waals surface area contributed by atoms with Gasteiger partial charge in [-0.1, -0.05) is 35.0 Å². The number of hydrogen-bond acceptors (Lipinski definition) is 3. The summed E-state index contributed by atoms with van der Waals surface area (Å²) in [5.41, 5.74) is 1.40. The lowest BCUT2D eigenvalue weighted by molar-refractivity contribution is 0.0940. The first-order valence-corrected chi connectivity index (χ1v) is 9.77. The fourth-order valence-electron chi connectivity index (χ4n) is 2.17. The lowest BCUT2D eigenvalue weighted by Gasteiger charge is -2.14. The van der Waals surface area contributed by atoms with E-state index in [1.54, 1.807) is 6.92 Å². The second-order valence-corrected chi connectivity index (χ2v) is 7.96.